The van der Waals surface area contributed by atoms with E-state index in [1.807, 2.05) is 0 Å². The van der Waals surface area contributed by atoms with Gasteiger partial charge in [-0.05, 0) is 49.7 Å². The van der Waals surface area contributed by atoms with Crippen molar-refractivity contribution in [2.45, 2.75) is 32.6 Å². The molecule has 15 heavy (non-hydrogen) atoms. The van der Waals surface area contributed by atoms with Crippen LogP contribution in [0.25, 0.3) is 0 Å². The highest BCUT2D eigenvalue weighted by atomic mass is 14.9. The molecule has 80 valence electrons. The molecule has 3 rings (SSSR count). The lowest BCUT2D eigenvalue weighted by Gasteiger charge is -2.32. The second kappa shape index (κ2) is 3.26. The number of rotatable bonds is 1. The number of nitrogens with one attached hydrogen (secondary N) is 1. The molecule has 3 aliphatic rings. The van der Waals surface area contributed by atoms with E-state index in [0.29, 0.717) is 5.41 Å². The smallest absolute Gasteiger partial charge is 0.0212 e. The fourth-order valence-electron chi connectivity index (χ4n) is 3.86. The quantitative estimate of drug-likeness (QED) is 0.686. The average molecular weight is 201 g/mol. The van der Waals surface area contributed by atoms with Gasteiger partial charge in [0.1, 0.15) is 0 Å². The summed E-state index contributed by atoms with van der Waals surface area (Å²) >= 11 is 0. The lowest BCUT2D eigenvalue weighted by Crippen LogP contribution is -2.31. The third kappa shape index (κ3) is 1.22. The van der Waals surface area contributed by atoms with Crippen LogP contribution in [0.5, 0.6) is 0 Å². The standard InChI is InChI=1S/C14H19N/c1-14(11-6-7-12(14)9-8-11)13-5-3-2-4-10-15-13/h2-5,10-12,15H,6-9H2,1H3. The monoisotopic (exact) mass is 201 g/mol. The van der Waals surface area contributed by atoms with Crippen LogP contribution >= 0.6 is 0 Å². The normalized spacial score (nSPS) is 42.6. The highest BCUT2D eigenvalue weighted by molar-refractivity contribution is 5.29. The van der Waals surface area contributed by atoms with Crippen LogP contribution in [-0.2, 0) is 0 Å². The molecular weight excluding hydrogens is 182 g/mol. The van der Waals surface area contributed by atoms with Gasteiger partial charge in [-0.25, -0.2) is 0 Å². The zero-order chi connectivity index (χ0) is 10.3. The molecule has 0 radical (unpaired) electrons. The molecule has 0 unspecified atom stereocenters. The van der Waals surface area contributed by atoms with Gasteiger partial charge >= 0.3 is 0 Å². The van der Waals surface area contributed by atoms with Crippen LogP contribution in [0.1, 0.15) is 32.6 Å². The van der Waals surface area contributed by atoms with Crippen LogP contribution in [0.3, 0.4) is 0 Å². The van der Waals surface area contributed by atoms with Crippen molar-refractivity contribution in [3.63, 3.8) is 0 Å². The Kier molecular flexibility index (Phi) is 2.01. The van der Waals surface area contributed by atoms with Crippen LogP contribution in [0, 0.1) is 17.3 Å². The van der Waals surface area contributed by atoms with Gasteiger partial charge in [0.25, 0.3) is 0 Å². The van der Waals surface area contributed by atoms with E-state index in [4.69, 9.17) is 0 Å². The molecule has 2 fully saturated rings. The lowest BCUT2D eigenvalue weighted by atomic mass is 9.76. The van der Waals surface area contributed by atoms with Crippen molar-refractivity contribution in [1.29, 1.82) is 0 Å². The van der Waals surface area contributed by atoms with Gasteiger partial charge in [-0.1, -0.05) is 19.1 Å². The number of hydrogen-bond acceptors (Lipinski definition) is 1. The minimum Gasteiger partial charge on any atom is -0.365 e. The van der Waals surface area contributed by atoms with Crippen LogP contribution in [0.4, 0.5) is 0 Å². The molecule has 0 aromatic rings. The average Bonchev–Trinajstić information content (AvgIpc) is 2.66. The molecule has 2 aliphatic carbocycles. The van der Waals surface area contributed by atoms with E-state index in [0.717, 1.165) is 11.8 Å². The molecule has 2 saturated carbocycles. The molecule has 0 saturated heterocycles. The van der Waals surface area contributed by atoms with E-state index in [1.165, 1.54) is 31.4 Å². The molecule has 0 aromatic carbocycles. The maximum atomic E-state index is 3.48. The second-order valence-electron chi connectivity index (χ2n) is 5.30. The summed E-state index contributed by atoms with van der Waals surface area (Å²) in [7, 11) is 0. The summed E-state index contributed by atoms with van der Waals surface area (Å²) in [5, 5.41) is 3.48. The first-order chi connectivity index (χ1) is 7.32. The molecule has 1 N–H and O–H groups in total. The fourth-order valence-corrected chi connectivity index (χ4v) is 3.86. The van der Waals surface area contributed by atoms with E-state index in [9.17, 15) is 0 Å². The van der Waals surface area contributed by atoms with Crippen molar-refractivity contribution in [3.05, 3.63) is 36.2 Å². The Morgan fingerprint density at radius 2 is 1.73 bits per heavy atom. The van der Waals surface area contributed by atoms with Gasteiger partial charge in [-0.15, -0.1) is 0 Å². The first kappa shape index (κ1) is 9.26. The predicted octanol–water partition coefficient (Wildman–Crippen LogP) is 3.37. The SMILES string of the molecule is CC1(C2=CC=CC=CN2)C2CCC1CC2. The third-order valence-electron chi connectivity index (χ3n) is 4.82. The van der Waals surface area contributed by atoms with E-state index in [2.05, 4.69) is 42.7 Å². The number of allylic oxidation sites excluding steroid dienone is 5. The van der Waals surface area contributed by atoms with Crippen molar-refractivity contribution < 1.29 is 0 Å². The van der Waals surface area contributed by atoms with Crippen LogP contribution < -0.4 is 5.32 Å². The van der Waals surface area contributed by atoms with E-state index < -0.39 is 0 Å². The van der Waals surface area contributed by atoms with Crippen LogP contribution in [0.15, 0.2) is 36.2 Å². The molecule has 0 spiro atoms. The topological polar surface area (TPSA) is 12.0 Å². The Labute approximate surface area is 91.9 Å². The summed E-state index contributed by atoms with van der Waals surface area (Å²) in [6.45, 7) is 2.47. The van der Waals surface area contributed by atoms with Gasteiger partial charge in [0.15, 0.2) is 0 Å². The molecule has 0 amide bonds. The molecule has 2 bridgehead atoms. The van der Waals surface area contributed by atoms with Crippen molar-refractivity contribution in [2.75, 3.05) is 0 Å². The Morgan fingerprint density at radius 1 is 1.07 bits per heavy atom. The van der Waals surface area contributed by atoms with Crippen molar-refractivity contribution in [1.82, 2.24) is 5.32 Å². The summed E-state index contributed by atoms with van der Waals surface area (Å²) in [5.41, 5.74) is 1.87. The predicted molar refractivity (Wildman–Crippen MR) is 63.1 cm³/mol. The Balaban J connectivity index is 1.96. The minimum atomic E-state index is 0.430. The number of fused-ring (bicyclic) bond motifs is 2. The van der Waals surface area contributed by atoms with Gasteiger partial charge in [0, 0.05) is 17.3 Å². The highest BCUT2D eigenvalue weighted by Gasteiger charge is 2.52. The number of hydrogen-bond donors (Lipinski definition) is 1. The maximum Gasteiger partial charge on any atom is 0.0212 e. The second-order valence-corrected chi connectivity index (χ2v) is 5.30. The Bertz CT molecular complexity index is 328. The van der Waals surface area contributed by atoms with Gasteiger partial charge in [-0.2, -0.15) is 0 Å². The van der Waals surface area contributed by atoms with Crippen molar-refractivity contribution in [3.8, 4) is 0 Å². The first-order valence-electron chi connectivity index (χ1n) is 6.12. The van der Waals surface area contributed by atoms with Gasteiger partial charge < -0.3 is 5.32 Å². The van der Waals surface area contributed by atoms with Gasteiger partial charge in [0.2, 0.25) is 0 Å². The van der Waals surface area contributed by atoms with E-state index in [1.54, 1.807) is 0 Å². The zero-order valence-corrected chi connectivity index (χ0v) is 9.37. The summed E-state index contributed by atoms with van der Waals surface area (Å²) in [4.78, 5) is 0. The zero-order valence-electron chi connectivity index (χ0n) is 9.37. The Morgan fingerprint density at radius 3 is 2.40 bits per heavy atom. The van der Waals surface area contributed by atoms with E-state index in [-0.39, 0.29) is 0 Å². The van der Waals surface area contributed by atoms with Crippen LogP contribution in [-0.4, -0.2) is 0 Å². The third-order valence-corrected chi connectivity index (χ3v) is 4.82. The molecule has 1 aliphatic heterocycles. The molecular formula is C14H19N. The Hall–Kier alpha value is -0.980. The maximum absolute atomic E-state index is 3.48. The van der Waals surface area contributed by atoms with E-state index >= 15 is 0 Å². The summed E-state index contributed by atoms with van der Waals surface area (Å²) in [6.07, 6.45) is 16.4. The fraction of sp³-hybridized carbons (Fsp3) is 0.571. The summed E-state index contributed by atoms with van der Waals surface area (Å²) in [6, 6.07) is 0. The highest BCUT2D eigenvalue weighted by Crippen LogP contribution is 2.60. The molecule has 0 aromatic heterocycles. The largest absolute Gasteiger partial charge is 0.365 e. The summed E-state index contributed by atoms with van der Waals surface area (Å²) in [5.74, 6) is 1.84. The lowest BCUT2D eigenvalue weighted by molar-refractivity contribution is 0.275. The molecule has 0 atom stereocenters. The van der Waals surface area contributed by atoms with Crippen molar-refractivity contribution >= 4 is 0 Å². The van der Waals surface area contributed by atoms with Crippen molar-refractivity contribution in [2.24, 2.45) is 17.3 Å². The summed E-state index contributed by atoms with van der Waals surface area (Å²) < 4.78 is 0. The minimum absolute atomic E-state index is 0.430. The molecule has 1 heteroatoms. The molecule has 1 nitrogen and oxygen atoms in total. The molecule has 1 heterocycles. The van der Waals surface area contributed by atoms with Crippen LogP contribution in [0.2, 0.25) is 0 Å². The van der Waals surface area contributed by atoms with Gasteiger partial charge in [-0.3, -0.25) is 0 Å². The van der Waals surface area contributed by atoms with Gasteiger partial charge in [0.05, 0.1) is 0 Å². The first-order valence-corrected chi connectivity index (χ1v) is 6.12.